The minimum atomic E-state index is -0.181. The van der Waals surface area contributed by atoms with Crippen LogP contribution in [0.3, 0.4) is 0 Å². The molecule has 1 fully saturated rings. The van der Waals surface area contributed by atoms with Gasteiger partial charge < -0.3 is 15.0 Å². The van der Waals surface area contributed by atoms with Crippen LogP contribution in [0.1, 0.15) is 42.0 Å². The number of nitrogens with zero attached hydrogens (tertiary/aromatic N) is 4. The Hall–Kier alpha value is -1.93. The SMILES string of the molecule is C[C@@H](NC(=O)N1CCc2cnc(CCCN3CCOCC3)nc2C1)c1ccc(Cl)c(Cl)c1. The predicted octanol–water partition coefficient (Wildman–Crippen LogP) is 3.88. The molecule has 2 aliphatic heterocycles. The van der Waals surface area contributed by atoms with Crippen molar-refractivity contribution in [2.45, 2.75) is 38.8 Å². The van der Waals surface area contributed by atoms with Gasteiger partial charge in [0.25, 0.3) is 0 Å². The van der Waals surface area contributed by atoms with Crippen molar-refractivity contribution in [3.05, 3.63) is 57.1 Å². The van der Waals surface area contributed by atoms with E-state index in [9.17, 15) is 4.79 Å². The lowest BCUT2D eigenvalue weighted by Crippen LogP contribution is -2.44. The molecular formula is C23H29Cl2N5O2. The van der Waals surface area contributed by atoms with Crippen molar-refractivity contribution < 1.29 is 9.53 Å². The molecule has 2 aromatic rings. The molecule has 1 saturated heterocycles. The van der Waals surface area contributed by atoms with E-state index in [2.05, 4.69) is 15.2 Å². The number of halogens is 2. The van der Waals surface area contributed by atoms with Gasteiger partial charge in [0.15, 0.2) is 0 Å². The zero-order valence-electron chi connectivity index (χ0n) is 18.3. The molecule has 3 heterocycles. The number of urea groups is 1. The Labute approximate surface area is 199 Å². The first-order valence-electron chi connectivity index (χ1n) is 11.1. The van der Waals surface area contributed by atoms with Crippen molar-refractivity contribution in [2.24, 2.45) is 0 Å². The lowest BCUT2D eigenvalue weighted by atomic mass is 10.1. The number of hydrogen-bond acceptors (Lipinski definition) is 5. The number of amides is 2. The van der Waals surface area contributed by atoms with Gasteiger partial charge in [-0.3, -0.25) is 4.90 Å². The lowest BCUT2D eigenvalue weighted by Gasteiger charge is -2.29. The summed E-state index contributed by atoms with van der Waals surface area (Å²) < 4.78 is 5.40. The predicted molar refractivity (Wildman–Crippen MR) is 125 cm³/mol. The van der Waals surface area contributed by atoms with E-state index in [4.69, 9.17) is 32.9 Å². The lowest BCUT2D eigenvalue weighted by molar-refractivity contribution is 0.0374. The molecule has 1 atom stereocenters. The standard InChI is InChI=1S/C23H29Cl2N5O2/c1-16(17-4-5-19(24)20(25)13-17)27-23(31)30-8-6-18-14-26-22(28-21(18)15-30)3-2-7-29-9-11-32-12-10-29/h4-5,13-14,16H,2-3,6-12,15H2,1H3,(H,27,31)/t16-/m1/s1. The fourth-order valence-electron chi connectivity index (χ4n) is 4.07. The smallest absolute Gasteiger partial charge is 0.318 e. The third-order valence-electron chi connectivity index (χ3n) is 6.05. The van der Waals surface area contributed by atoms with Gasteiger partial charge in [-0.05, 0) is 49.6 Å². The number of aromatic nitrogens is 2. The van der Waals surface area contributed by atoms with Crippen molar-refractivity contribution in [2.75, 3.05) is 39.4 Å². The summed E-state index contributed by atoms with van der Waals surface area (Å²) in [5.74, 6) is 0.850. The Morgan fingerprint density at radius 2 is 2.03 bits per heavy atom. The molecule has 2 amide bonds. The van der Waals surface area contributed by atoms with Gasteiger partial charge >= 0.3 is 6.03 Å². The second-order valence-corrected chi connectivity index (χ2v) is 9.15. The second kappa shape index (κ2) is 10.8. The highest BCUT2D eigenvalue weighted by molar-refractivity contribution is 6.42. The van der Waals surface area contributed by atoms with E-state index in [1.165, 1.54) is 0 Å². The summed E-state index contributed by atoms with van der Waals surface area (Å²) in [5.41, 5.74) is 2.99. The zero-order chi connectivity index (χ0) is 22.5. The number of hydrogen-bond donors (Lipinski definition) is 1. The highest BCUT2D eigenvalue weighted by Crippen LogP contribution is 2.26. The van der Waals surface area contributed by atoms with Crippen LogP contribution in [-0.4, -0.2) is 65.2 Å². The molecule has 1 aromatic carbocycles. The van der Waals surface area contributed by atoms with E-state index in [1.807, 2.05) is 19.2 Å². The molecule has 1 N–H and O–H groups in total. The summed E-state index contributed by atoms with van der Waals surface area (Å²) in [6, 6.07) is 5.12. The fourth-order valence-corrected chi connectivity index (χ4v) is 4.37. The molecule has 172 valence electrons. The zero-order valence-corrected chi connectivity index (χ0v) is 19.8. The Morgan fingerprint density at radius 1 is 1.22 bits per heavy atom. The van der Waals surface area contributed by atoms with Crippen LogP contribution < -0.4 is 5.32 Å². The molecular weight excluding hydrogens is 449 g/mol. The summed E-state index contributed by atoms with van der Waals surface area (Å²) in [7, 11) is 0. The molecule has 4 rings (SSSR count). The largest absolute Gasteiger partial charge is 0.379 e. The average molecular weight is 478 g/mol. The van der Waals surface area contributed by atoms with Crippen molar-refractivity contribution >= 4 is 29.2 Å². The van der Waals surface area contributed by atoms with Crippen LogP contribution >= 0.6 is 23.2 Å². The first kappa shape index (κ1) is 23.2. The van der Waals surface area contributed by atoms with Crippen LogP contribution in [0.2, 0.25) is 10.0 Å². The fraction of sp³-hybridized carbons (Fsp3) is 0.522. The van der Waals surface area contributed by atoms with Gasteiger partial charge in [0.1, 0.15) is 5.82 Å². The molecule has 0 bridgehead atoms. The van der Waals surface area contributed by atoms with Gasteiger partial charge in [0.05, 0.1) is 41.5 Å². The number of carbonyl (C=O) groups excluding carboxylic acids is 1. The number of fused-ring (bicyclic) bond motifs is 1. The number of benzene rings is 1. The number of morpholine rings is 1. The molecule has 0 aliphatic carbocycles. The monoisotopic (exact) mass is 477 g/mol. The van der Waals surface area contributed by atoms with Gasteiger partial charge in [-0.2, -0.15) is 0 Å². The third kappa shape index (κ3) is 5.90. The molecule has 0 saturated carbocycles. The Bertz CT molecular complexity index is 952. The first-order valence-corrected chi connectivity index (χ1v) is 11.9. The van der Waals surface area contributed by atoms with E-state index in [0.717, 1.165) is 74.8 Å². The van der Waals surface area contributed by atoms with Gasteiger partial charge in [-0.25, -0.2) is 14.8 Å². The average Bonchev–Trinajstić information content (AvgIpc) is 2.81. The maximum Gasteiger partial charge on any atom is 0.318 e. The van der Waals surface area contributed by atoms with Crippen LogP contribution in [0.25, 0.3) is 0 Å². The number of carbonyl (C=O) groups is 1. The van der Waals surface area contributed by atoms with E-state index in [0.29, 0.717) is 23.1 Å². The molecule has 9 heteroatoms. The molecule has 0 radical (unpaired) electrons. The number of aryl methyl sites for hydroxylation is 1. The van der Waals surface area contributed by atoms with Gasteiger partial charge in [0.2, 0.25) is 0 Å². The van der Waals surface area contributed by atoms with Crippen LogP contribution in [0, 0.1) is 0 Å². The summed E-state index contributed by atoms with van der Waals surface area (Å²) >= 11 is 12.1. The van der Waals surface area contributed by atoms with E-state index >= 15 is 0 Å². The van der Waals surface area contributed by atoms with E-state index < -0.39 is 0 Å². The molecule has 0 unspecified atom stereocenters. The van der Waals surface area contributed by atoms with Crippen LogP contribution in [0.15, 0.2) is 24.4 Å². The maximum atomic E-state index is 12.9. The van der Waals surface area contributed by atoms with Crippen LogP contribution in [-0.2, 0) is 24.1 Å². The minimum Gasteiger partial charge on any atom is -0.379 e. The van der Waals surface area contributed by atoms with Gasteiger partial charge in [0, 0.05) is 32.3 Å². The number of nitrogens with one attached hydrogen (secondary N) is 1. The van der Waals surface area contributed by atoms with Crippen LogP contribution in [0.5, 0.6) is 0 Å². The Kier molecular flexibility index (Phi) is 7.84. The summed E-state index contributed by atoms with van der Waals surface area (Å²) in [6.07, 6.45) is 4.55. The molecule has 2 aliphatic rings. The number of ether oxygens (including phenoxy) is 1. The van der Waals surface area contributed by atoms with Gasteiger partial charge in [-0.1, -0.05) is 29.3 Å². The highest BCUT2D eigenvalue weighted by atomic mass is 35.5. The summed E-state index contributed by atoms with van der Waals surface area (Å²) in [4.78, 5) is 26.4. The Balaban J connectivity index is 1.32. The van der Waals surface area contributed by atoms with E-state index in [1.54, 1.807) is 17.0 Å². The van der Waals surface area contributed by atoms with Crippen LogP contribution in [0.4, 0.5) is 4.79 Å². The highest BCUT2D eigenvalue weighted by Gasteiger charge is 2.24. The van der Waals surface area contributed by atoms with Gasteiger partial charge in [-0.15, -0.1) is 0 Å². The second-order valence-electron chi connectivity index (χ2n) is 8.33. The van der Waals surface area contributed by atoms with E-state index in [-0.39, 0.29) is 12.1 Å². The summed E-state index contributed by atoms with van der Waals surface area (Å²) in [6.45, 7) is 7.73. The number of rotatable bonds is 6. The molecule has 32 heavy (non-hydrogen) atoms. The minimum absolute atomic E-state index is 0.110. The molecule has 7 nitrogen and oxygen atoms in total. The quantitative estimate of drug-likeness (QED) is 0.683. The normalized spacial score (nSPS) is 17.7. The first-order chi connectivity index (χ1) is 15.5. The third-order valence-corrected chi connectivity index (χ3v) is 6.78. The van der Waals surface area contributed by atoms with Crippen molar-refractivity contribution in [1.82, 2.24) is 25.1 Å². The van der Waals surface area contributed by atoms with Crippen molar-refractivity contribution in [1.29, 1.82) is 0 Å². The topological polar surface area (TPSA) is 70.6 Å². The maximum absolute atomic E-state index is 12.9. The molecule has 1 aromatic heterocycles. The van der Waals surface area contributed by atoms with Crippen molar-refractivity contribution in [3.63, 3.8) is 0 Å². The van der Waals surface area contributed by atoms with Crippen molar-refractivity contribution in [3.8, 4) is 0 Å². The Morgan fingerprint density at radius 3 is 2.81 bits per heavy atom. The summed E-state index contributed by atoms with van der Waals surface area (Å²) in [5, 5.41) is 4.04. The molecule has 0 spiro atoms.